The molecule has 3 N–H and O–H groups in total. The highest BCUT2D eigenvalue weighted by atomic mass is 32.2. The molecule has 0 aromatic heterocycles. The zero-order valence-corrected chi connectivity index (χ0v) is 20.7. The monoisotopic (exact) mass is 475 g/mol. The minimum Gasteiger partial charge on any atom is -0.480 e. The third-order valence-electron chi connectivity index (χ3n) is 6.11. The van der Waals surface area contributed by atoms with Crippen molar-refractivity contribution in [2.45, 2.75) is 76.2 Å². The predicted octanol–water partition coefficient (Wildman–Crippen LogP) is 2.79. The number of hydrogen-bond donors (Lipinski definition) is 3. The Balaban J connectivity index is 1.81. The van der Waals surface area contributed by atoms with Gasteiger partial charge in [-0.05, 0) is 43.7 Å². The largest absolute Gasteiger partial charge is 0.480 e. The van der Waals surface area contributed by atoms with Crippen LogP contribution in [0.3, 0.4) is 0 Å². The van der Waals surface area contributed by atoms with Crippen LogP contribution in [0.5, 0.6) is 0 Å². The van der Waals surface area contributed by atoms with Gasteiger partial charge in [0, 0.05) is 10.3 Å². The summed E-state index contributed by atoms with van der Waals surface area (Å²) in [6.07, 6.45) is 0.286. The van der Waals surface area contributed by atoms with E-state index in [2.05, 4.69) is 10.6 Å². The maximum atomic E-state index is 13.5. The first-order chi connectivity index (χ1) is 15.3. The number of carboxylic acids is 1. The van der Waals surface area contributed by atoms with Crippen LogP contribution >= 0.6 is 11.8 Å². The van der Waals surface area contributed by atoms with Crippen LogP contribution in [0.1, 0.15) is 69.3 Å². The van der Waals surface area contributed by atoms with Crippen molar-refractivity contribution >= 4 is 35.5 Å². The molecule has 180 valence electrons. The fourth-order valence-electron chi connectivity index (χ4n) is 4.53. The van der Waals surface area contributed by atoms with E-state index in [1.54, 1.807) is 42.6 Å². The number of thioether (sulfide) groups is 1. The van der Waals surface area contributed by atoms with Crippen molar-refractivity contribution < 1.29 is 24.3 Å². The van der Waals surface area contributed by atoms with Crippen LogP contribution in [0.25, 0.3) is 0 Å². The van der Waals surface area contributed by atoms with Crippen LogP contribution < -0.4 is 10.6 Å². The molecule has 1 aromatic rings. The summed E-state index contributed by atoms with van der Waals surface area (Å²) < 4.78 is -0.572. The molecule has 0 spiro atoms. The van der Waals surface area contributed by atoms with E-state index in [1.807, 2.05) is 39.8 Å². The fourth-order valence-corrected chi connectivity index (χ4v) is 6.11. The van der Waals surface area contributed by atoms with E-state index >= 15 is 0 Å². The van der Waals surface area contributed by atoms with Crippen molar-refractivity contribution in [1.82, 2.24) is 15.5 Å². The molecule has 0 bridgehead atoms. The van der Waals surface area contributed by atoms with Crippen molar-refractivity contribution in [3.63, 3.8) is 0 Å². The summed E-state index contributed by atoms with van der Waals surface area (Å²) in [5.74, 6) is -2.45. The van der Waals surface area contributed by atoms with E-state index in [4.69, 9.17) is 0 Å². The summed E-state index contributed by atoms with van der Waals surface area (Å²) >= 11 is 1.55. The lowest BCUT2D eigenvalue weighted by Gasteiger charge is -2.32. The normalized spacial score (nSPS) is 22.7. The zero-order chi connectivity index (χ0) is 24.7. The van der Waals surface area contributed by atoms with Gasteiger partial charge in [-0.1, -0.05) is 45.9 Å². The summed E-state index contributed by atoms with van der Waals surface area (Å²) in [5.41, 5.74) is 1.49. The maximum absolute atomic E-state index is 13.5. The summed E-state index contributed by atoms with van der Waals surface area (Å²) in [5, 5.41) is 14.6. The minimum absolute atomic E-state index is 0.0783. The van der Waals surface area contributed by atoms with Crippen LogP contribution in [-0.4, -0.2) is 56.6 Å². The molecule has 2 heterocycles. The Labute approximate surface area is 198 Å². The third kappa shape index (κ3) is 4.88. The van der Waals surface area contributed by atoms with E-state index in [-0.39, 0.29) is 29.5 Å². The average Bonchev–Trinajstić information content (AvgIpc) is 3.14. The number of nitrogens with one attached hydrogen (secondary N) is 2. The number of carbonyl (C=O) groups is 4. The lowest BCUT2D eigenvalue weighted by molar-refractivity contribution is -0.143. The number of hydrogen-bond acceptors (Lipinski definition) is 5. The summed E-state index contributed by atoms with van der Waals surface area (Å²) in [4.78, 5) is 52.8. The molecule has 0 radical (unpaired) electrons. The van der Waals surface area contributed by atoms with E-state index in [0.29, 0.717) is 5.56 Å². The molecule has 4 atom stereocenters. The van der Waals surface area contributed by atoms with Crippen molar-refractivity contribution in [2.75, 3.05) is 0 Å². The van der Waals surface area contributed by atoms with Crippen LogP contribution in [0.2, 0.25) is 0 Å². The van der Waals surface area contributed by atoms with Gasteiger partial charge < -0.3 is 20.6 Å². The molecular weight excluding hydrogens is 442 g/mol. The second-order valence-corrected chi connectivity index (χ2v) is 11.8. The molecule has 33 heavy (non-hydrogen) atoms. The van der Waals surface area contributed by atoms with Crippen LogP contribution in [0.4, 0.5) is 0 Å². The molecule has 0 aliphatic carbocycles. The van der Waals surface area contributed by atoms with Gasteiger partial charge in [-0.2, -0.15) is 0 Å². The van der Waals surface area contributed by atoms with Gasteiger partial charge in [0.25, 0.3) is 5.91 Å². The molecule has 1 saturated heterocycles. The van der Waals surface area contributed by atoms with Crippen molar-refractivity contribution in [3.05, 3.63) is 35.4 Å². The fraction of sp³-hybridized carbons (Fsp3) is 0.583. The van der Waals surface area contributed by atoms with Gasteiger partial charge in [-0.25, -0.2) is 4.79 Å². The first-order valence-electron chi connectivity index (χ1n) is 11.3. The molecule has 0 saturated carbocycles. The van der Waals surface area contributed by atoms with Crippen LogP contribution in [-0.2, 0) is 14.4 Å². The Hall–Kier alpha value is -2.55. The van der Waals surface area contributed by atoms with Gasteiger partial charge in [0.2, 0.25) is 11.8 Å². The topological polar surface area (TPSA) is 116 Å². The molecule has 8 nitrogen and oxygen atoms in total. The molecule has 3 amide bonds. The van der Waals surface area contributed by atoms with E-state index in [0.717, 1.165) is 5.56 Å². The SMILES string of the molecule is CC(C)CC(NC(=O)C(NC(=O)C1N2C(=O)c3ccccc3C2SC1(C)C)C(C)C)C(=O)O. The summed E-state index contributed by atoms with van der Waals surface area (Å²) in [7, 11) is 0. The summed E-state index contributed by atoms with van der Waals surface area (Å²) in [6.45, 7) is 11.2. The maximum Gasteiger partial charge on any atom is 0.326 e. The Morgan fingerprint density at radius 1 is 1.12 bits per heavy atom. The van der Waals surface area contributed by atoms with Gasteiger partial charge in [0.05, 0.1) is 0 Å². The highest BCUT2D eigenvalue weighted by molar-refractivity contribution is 8.01. The molecule has 9 heteroatoms. The number of carbonyl (C=O) groups excluding carboxylic acids is 3. The number of aliphatic carboxylic acids is 1. The lowest BCUT2D eigenvalue weighted by atomic mass is 9.97. The van der Waals surface area contributed by atoms with Crippen molar-refractivity contribution in [1.29, 1.82) is 0 Å². The quantitative estimate of drug-likeness (QED) is 0.533. The van der Waals surface area contributed by atoms with E-state index in [9.17, 15) is 24.3 Å². The van der Waals surface area contributed by atoms with Crippen LogP contribution in [0, 0.1) is 11.8 Å². The van der Waals surface area contributed by atoms with Gasteiger partial charge in [0.1, 0.15) is 23.5 Å². The number of nitrogens with zero attached hydrogens (tertiary/aromatic N) is 1. The van der Waals surface area contributed by atoms with E-state index in [1.165, 1.54) is 0 Å². The lowest BCUT2D eigenvalue weighted by Crippen LogP contribution is -2.59. The highest BCUT2D eigenvalue weighted by Gasteiger charge is 2.57. The Kier molecular flexibility index (Phi) is 7.12. The number of fused-ring (bicyclic) bond motifs is 3. The number of carboxylic acid groups (broad SMARTS) is 1. The standard InChI is InChI=1S/C24H33N3O5S/c1-12(2)11-16(23(31)32)25-19(28)17(13(3)4)26-20(29)18-24(5,6)33-22-15-10-8-7-9-14(15)21(30)27(18)22/h7-10,12-13,16-18,22H,11H2,1-6H3,(H,25,28)(H,26,29)(H,31,32). The van der Waals surface area contributed by atoms with E-state index < -0.39 is 40.7 Å². The molecule has 3 rings (SSSR count). The predicted molar refractivity (Wildman–Crippen MR) is 127 cm³/mol. The molecule has 4 unspecified atom stereocenters. The Morgan fingerprint density at radius 3 is 2.33 bits per heavy atom. The van der Waals surface area contributed by atoms with Gasteiger partial charge in [-0.3, -0.25) is 14.4 Å². The zero-order valence-electron chi connectivity index (χ0n) is 19.9. The van der Waals surface area contributed by atoms with Gasteiger partial charge >= 0.3 is 5.97 Å². The smallest absolute Gasteiger partial charge is 0.326 e. The molecule has 2 aliphatic rings. The molecule has 1 aromatic carbocycles. The average molecular weight is 476 g/mol. The van der Waals surface area contributed by atoms with Crippen LogP contribution in [0.15, 0.2) is 24.3 Å². The number of benzene rings is 1. The molecule has 2 aliphatic heterocycles. The molecule has 1 fully saturated rings. The second kappa shape index (κ2) is 9.37. The number of amides is 3. The Bertz CT molecular complexity index is 961. The third-order valence-corrected chi connectivity index (χ3v) is 7.65. The Morgan fingerprint density at radius 2 is 1.76 bits per heavy atom. The molecular formula is C24H33N3O5S. The second-order valence-electron chi connectivity index (χ2n) is 10.0. The first kappa shape index (κ1) is 25.1. The van der Waals surface area contributed by atoms with Gasteiger partial charge in [-0.15, -0.1) is 11.8 Å². The van der Waals surface area contributed by atoms with Gasteiger partial charge in [0.15, 0.2) is 0 Å². The summed E-state index contributed by atoms with van der Waals surface area (Å²) in [6, 6.07) is 4.63. The first-order valence-corrected chi connectivity index (χ1v) is 12.2. The van der Waals surface area contributed by atoms with Crippen molar-refractivity contribution in [2.24, 2.45) is 11.8 Å². The number of rotatable bonds is 8. The highest BCUT2D eigenvalue weighted by Crippen LogP contribution is 2.56. The van der Waals surface area contributed by atoms with Crippen molar-refractivity contribution in [3.8, 4) is 0 Å². The minimum atomic E-state index is -1.11.